The maximum atomic E-state index is 13.1. The molecule has 4 heteroatoms. The topological polar surface area (TPSA) is 43.8 Å². The smallest absolute Gasteiger partial charge is 0.123 e. The van der Waals surface area contributed by atoms with E-state index >= 15 is 0 Å². The minimum atomic E-state index is -0.213. The van der Waals surface area contributed by atoms with Crippen molar-refractivity contribution in [2.75, 3.05) is 5.73 Å². The third-order valence-corrected chi connectivity index (χ3v) is 3.54. The van der Waals surface area contributed by atoms with Crippen molar-refractivity contribution in [1.82, 2.24) is 9.78 Å². The number of nitrogen functional groups attached to an aromatic ring is 1. The zero-order valence-corrected chi connectivity index (χ0v) is 11.8. The van der Waals surface area contributed by atoms with Crippen LogP contribution in [-0.2, 0) is 6.54 Å². The van der Waals surface area contributed by atoms with Gasteiger partial charge in [0.05, 0.1) is 12.7 Å². The molecule has 0 amide bonds. The van der Waals surface area contributed by atoms with Gasteiger partial charge in [-0.25, -0.2) is 4.39 Å². The standard InChI is InChI=1S/C17H16FN3/c1-12-8-15(18)7-6-13(12)10-21-11-14(9-20-21)16-4-2-3-5-17(16)19/h2-9,11H,10,19H2,1H3. The van der Waals surface area contributed by atoms with E-state index in [1.54, 1.807) is 12.3 Å². The number of hydrogen-bond acceptors (Lipinski definition) is 2. The van der Waals surface area contributed by atoms with Crippen LogP contribution in [0.4, 0.5) is 10.1 Å². The van der Waals surface area contributed by atoms with Crippen LogP contribution < -0.4 is 5.73 Å². The zero-order valence-electron chi connectivity index (χ0n) is 11.8. The van der Waals surface area contributed by atoms with Crippen molar-refractivity contribution in [2.24, 2.45) is 0 Å². The average molecular weight is 281 g/mol. The van der Waals surface area contributed by atoms with E-state index in [4.69, 9.17) is 5.73 Å². The maximum Gasteiger partial charge on any atom is 0.123 e. The van der Waals surface area contributed by atoms with Gasteiger partial charge in [0.1, 0.15) is 5.82 Å². The fourth-order valence-electron chi connectivity index (χ4n) is 2.36. The van der Waals surface area contributed by atoms with Crippen LogP contribution >= 0.6 is 0 Å². The van der Waals surface area contributed by atoms with Gasteiger partial charge in [0, 0.05) is 23.0 Å². The molecule has 0 atom stereocenters. The summed E-state index contributed by atoms with van der Waals surface area (Å²) in [5.41, 5.74) is 10.6. The minimum absolute atomic E-state index is 0.213. The second-order valence-electron chi connectivity index (χ2n) is 5.08. The molecule has 21 heavy (non-hydrogen) atoms. The summed E-state index contributed by atoms with van der Waals surface area (Å²) >= 11 is 0. The Kier molecular flexibility index (Phi) is 3.44. The Bertz CT molecular complexity index is 777. The molecule has 0 bridgehead atoms. The zero-order chi connectivity index (χ0) is 14.8. The van der Waals surface area contributed by atoms with Gasteiger partial charge in [-0.1, -0.05) is 24.3 Å². The quantitative estimate of drug-likeness (QED) is 0.745. The van der Waals surface area contributed by atoms with Gasteiger partial charge in [-0.15, -0.1) is 0 Å². The summed E-state index contributed by atoms with van der Waals surface area (Å²) in [7, 11) is 0. The molecular formula is C17H16FN3. The van der Waals surface area contributed by atoms with Gasteiger partial charge < -0.3 is 5.73 Å². The van der Waals surface area contributed by atoms with Gasteiger partial charge in [0.2, 0.25) is 0 Å². The predicted octanol–water partition coefficient (Wildman–Crippen LogP) is 3.63. The Hall–Kier alpha value is -2.62. The van der Waals surface area contributed by atoms with Gasteiger partial charge in [-0.05, 0) is 36.2 Å². The summed E-state index contributed by atoms with van der Waals surface area (Å²) in [5, 5.41) is 4.36. The monoisotopic (exact) mass is 281 g/mol. The summed E-state index contributed by atoms with van der Waals surface area (Å²) in [4.78, 5) is 0. The molecule has 1 heterocycles. The van der Waals surface area contributed by atoms with Crippen molar-refractivity contribution in [1.29, 1.82) is 0 Å². The van der Waals surface area contributed by atoms with Crippen molar-refractivity contribution in [3.05, 3.63) is 71.8 Å². The van der Waals surface area contributed by atoms with Crippen LogP contribution in [0.1, 0.15) is 11.1 Å². The second kappa shape index (κ2) is 5.40. The third-order valence-electron chi connectivity index (χ3n) is 3.54. The minimum Gasteiger partial charge on any atom is -0.398 e. The Morgan fingerprint density at radius 2 is 2.00 bits per heavy atom. The number of halogens is 1. The van der Waals surface area contributed by atoms with Gasteiger partial charge in [0.15, 0.2) is 0 Å². The van der Waals surface area contributed by atoms with Crippen LogP contribution in [0.15, 0.2) is 54.9 Å². The Morgan fingerprint density at radius 3 is 2.76 bits per heavy atom. The summed E-state index contributed by atoms with van der Waals surface area (Å²) in [6.07, 6.45) is 3.75. The van der Waals surface area contributed by atoms with E-state index in [-0.39, 0.29) is 5.82 Å². The highest BCUT2D eigenvalue weighted by Crippen LogP contribution is 2.25. The molecule has 0 aliphatic rings. The Morgan fingerprint density at radius 1 is 1.19 bits per heavy atom. The first-order valence-corrected chi connectivity index (χ1v) is 6.76. The lowest BCUT2D eigenvalue weighted by Gasteiger charge is -2.06. The molecule has 2 N–H and O–H groups in total. The molecule has 0 aliphatic heterocycles. The van der Waals surface area contributed by atoms with Crippen LogP contribution in [0.25, 0.3) is 11.1 Å². The number of anilines is 1. The van der Waals surface area contributed by atoms with E-state index in [1.165, 1.54) is 12.1 Å². The van der Waals surface area contributed by atoms with Crippen LogP contribution in [0.5, 0.6) is 0 Å². The molecule has 3 nitrogen and oxygen atoms in total. The van der Waals surface area contributed by atoms with E-state index in [2.05, 4.69) is 5.10 Å². The first-order valence-electron chi connectivity index (χ1n) is 6.76. The molecule has 0 fully saturated rings. The van der Waals surface area contributed by atoms with E-state index in [9.17, 15) is 4.39 Å². The molecular weight excluding hydrogens is 265 g/mol. The molecule has 0 radical (unpaired) electrons. The lowest BCUT2D eigenvalue weighted by molar-refractivity contribution is 0.622. The molecule has 0 saturated carbocycles. The number of hydrogen-bond donors (Lipinski definition) is 1. The number of rotatable bonds is 3. The number of benzene rings is 2. The highest BCUT2D eigenvalue weighted by Gasteiger charge is 2.06. The molecule has 0 saturated heterocycles. The predicted molar refractivity (Wildman–Crippen MR) is 82.3 cm³/mol. The maximum absolute atomic E-state index is 13.1. The Labute approximate surface area is 122 Å². The summed E-state index contributed by atoms with van der Waals surface area (Å²) in [6.45, 7) is 2.51. The summed E-state index contributed by atoms with van der Waals surface area (Å²) < 4.78 is 15.0. The van der Waals surface area contributed by atoms with Crippen LogP contribution in [-0.4, -0.2) is 9.78 Å². The molecule has 2 aromatic carbocycles. The lowest BCUT2D eigenvalue weighted by Crippen LogP contribution is -2.02. The lowest BCUT2D eigenvalue weighted by atomic mass is 10.1. The molecule has 1 aromatic heterocycles. The Balaban J connectivity index is 1.87. The number of nitrogens with two attached hydrogens (primary N) is 1. The first-order chi connectivity index (χ1) is 10.1. The van der Waals surface area contributed by atoms with E-state index in [1.807, 2.05) is 42.1 Å². The summed E-state index contributed by atoms with van der Waals surface area (Å²) in [6, 6.07) is 12.5. The van der Waals surface area contributed by atoms with E-state index in [0.29, 0.717) is 6.54 Å². The molecule has 3 aromatic rings. The van der Waals surface area contributed by atoms with Crippen molar-refractivity contribution in [3.8, 4) is 11.1 Å². The normalized spacial score (nSPS) is 10.8. The van der Waals surface area contributed by atoms with Gasteiger partial charge in [-0.2, -0.15) is 5.10 Å². The second-order valence-corrected chi connectivity index (χ2v) is 5.08. The van der Waals surface area contributed by atoms with Crippen LogP contribution in [0.3, 0.4) is 0 Å². The average Bonchev–Trinajstić information content (AvgIpc) is 2.91. The van der Waals surface area contributed by atoms with Crippen molar-refractivity contribution in [3.63, 3.8) is 0 Å². The highest BCUT2D eigenvalue weighted by atomic mass is 19.1. The van der Waals surface area contributed by atoms with Gasteiger partial charge in [0.25, 0.3) is 0 Å². The largest absolute Gasteiger partial charge is 0.398 e. The van der Waals surface area contributed by atoms with Gasteiger partial charge >= 0.3 is 0 Å². The van der Waals surface area contributed by atoms with E-state index in [0.717, 1.165) is 27.9 Å². The van der Waals surface area contributed by atoms with Crippen LogP contribution in [0, 0.1) is 12.7 Å². The molecule has 106 valence electrons. The fourth-order valence-corrected chi connectivity index (χ4v) is 2.36. The fraction of sp³-hybridized carbons (Fsp3) is 0.118. The van der Waals surface area contributed by atoms with E-state index < -0.39 is 0 Å². The number of aryl methyl sites for hydroxylation is 1. The number of aromatic nitrogens is 2. The first kappa shape index (κ1) is 13.4. The van der Waals surface area contributed by atoms with Crippen molar-refractivity contribution < 1.29 is 4.39 Å². The highest BCUT2D eigenvalue weighted by molar-refractivity contribution is 5.75. The number of nitrogens with zero attached hydrogens (tertiary/aromatic N) is 2. The van der Waals surface area contributed by atoms with Crippen molar-refractivity contribution in [2.45, 2.75) is 13.5 Å². The number of para-hydroxylation sites is 1. The SMILES string of the molecule is Cc1cc(F)ccc1Cn1cc(-c2ccccc2N)cn1. The van der Waals surface area contributed by atoms with Crippen molar-refractivity contribution >= 4 is 5.69 Å². The molecule has 3 rings (SSSR count). The van der Waals surface area contributed by atoms with Crippen LogP contribution in [0.2, 0.25) is 0 Å². The molecule has 0 unspecified atom stereocenters. The third kappa shape index (κ3) is 2.79. The molecule has 0 spiro atoms. The summed E-state index contributed by atoms with van der Waals surface area (Å²) in [5.74, 6) is -0.213. The van der Waals surface area contributed by atoms with Gasteiger partial charge in [-0.3, -0.25) is 4.68 Å². The molecule has 0 aliphatic carbocycles.